The molecule has 1 aromatic rings. The van der Waals surface area contributed by atoms with Gasteiger partial charge >= 0.3 is 0 Å². The molecule has 1 fully saturated rings. The first kappa shape index (κ1) is 20.4. The molecule has 0 aliphatic carbocycles. The highest BCUT2D eigenvalue weighted by Gasteiger charge is 2.22. The molecule has 4 amide bonds. The van der Waals surface area contributed by atoms with Gasteiger partial charge in [-0.25, -0.2) is 0 Å². The van der Waals surface area contributed by atoms with Crippen molar-refractivity contribution in [3.63, 3.8) is 0 Å². The van der Waals surface area contributed by atoms with Gasteiger partial charge in [-0.3, -0.25) is 19.2 Å². The maximum Gasteiger partial charge on any atom is 0.251 e. The third kappa shape index (κ3) is 5.80. The molecule has 0 unspecified atom stereocenters. The second-order valence-corrected chi connectivity index (χ2v) is 6.85. The minimum absolute atomic E-state index is 0.000436. The number of nitrogens with zero attached hydrogens (tertiary/aromatic N) is 2. The van der Waals surface area contributed by atoms with Gasteiger partial charge in [-0.2, -0.15) is 0 Å². The highest BCUT2D eigenvalue weighted by Crippen LogP contribution is 2.21. The third-order valence-corrected chi connectivity index (χ3v) is 4.17. The Morgan fingerprint density at radius 3 is 2.41 bits per heavy atom. The van der Waals surface area contributed by atoms with E-state index in [1.807, 2.05) is 13.8 Å². The van der Waals surface area contributed by atoms with Crippen LogP contribution in [0.15, 0.2) is 24.3 Å². The molecule has 1 saturated heterocycles. The first-order chi connectivity index (χ1) is 12.8. The Labute approximate surface area is 158 Å². The topological polar surface area (TPSA) is 98.8 Å². The Balaban J connectivity index is 1.83. The molecule has 2 rings (SSSR count). The van der Waals surface area contributed by atoms with E-state index in [9.17, 15) is 19.2 Å². The predicted octanol–water partition coefficient (Wildman–Crippen LogP) is 0.526. The van der Waals surface area contributed by atoms with Gasteiger partial charge in [0.2, 0.25) is 17.7 Å². The first-order valence-corrected chi connectivity index (χ1v) is 9.00. The quantitative estimate of drug-likeness (QED) is 0.727. The molecule has 1 aliphatic rings. The van der Waals surface area contributed by atoms with Gasteiger partial charge in [-0.15, -0.1) is 0 Å². The van der Waals surface area contributed by atoms with Crippen LogP contribution in [0, 0.1) is 0 Å². The Kier molecular flexibility index (Phi) is 6.92. The number of carbonyl (C=O) groups excluding carboxylic acids is 4. The van der Waals surface area contributed by atoms with Crippen LogP contribution in [0.2, 0.25) is 0 Å². The van der Waals surface area contributed by atoms with Crippen LogP contribution < -0.4 is 15.5 Å². The number of rotatable bonds is 7. The van der Waals surface area contributed by atoms with E-state index in [0.717, 1.165) is 12.1 Å². The molecule has 8 nitrogen and oxygen atoms in total. The van der Waals surface area contributed by atoms with Crippen molar-refractivity contribution >= 4 is 29.3 Å². The molecule has 0 atom stereocenters. The lowest BCUT2D eigenvalue weighted by Gasteiger charge is -2.18. The summed E-state index contributed by atoms with van der Waals surface area (Å²) in [6.45, 7) is 4.10. The molecule has 0 bridgehead atoms. The fourth-order valence-electron chi connectivity index (χ4n) is 2.78. The highest BCUT2D eigenvalue weighted by molar-refractivity contribution is 5.98. The normalized spacial score (nSPS) is 13.6. The molecule has 0 saturated carbocycles. The van der Waals surface area contributed by atoms with Crippen molar-refractivity contribution in [2.24, 2.45) is 0 Å². The number of hydrogen-bond acceptors (Lipinski definition) is 4. The molecule has 0 spiro atoms. The maximum absolute atomic E-state index is 12.2. The number of hydrogen-bond donors (Lipinski definition) is 2. The van der Waals surface area contributed by atoms with Crippen molar-refractivity contribution in [1.82, 2.24) is 15.5 Å². The Bertz CT molecular complexity index is 715. The van der Waals surface area contributed by atoms with Crippen LogP contribution in [-0.4, -0.2) is 61.3 Å². The summed E-state index contributed by atoms with van der Waals surface area (Å²) in [7, 11) is 1.51. The lowest BCUT2D eigenvalue weighted by atomic mass is 10.2. The zero-order valence-electron chi connectivity index (χ0n) is 15.9. The van der Waals surface area contributed by atoms with E-state index >= 15 is 0 Å². The predicted molar refractivity (Wildman–Crippen MR) is 101 cm³/mol. The van der Waals surface area contributed by atoms with E-state index in [0.29, 0.717) is 18.5 Å². The minimum atomic E-state index is -0.386. The van der Waals surface area contributed by atoms with E-state index in [1.165, 1.54) is 11.9 Å². The average Bonchev–Trinajstić information content (AvgIpc) is 3.04. The van der Waals surface area contributed by atoms with Crippen molar-refractivity contribution in [1.29, 1.82) is 0 Å². The van der Waals surface area contributed by atoms with Crippen LogP contribution in [-0.2, 0) is 14.4 Å². The second kappa shape index (κ2) is 9.16. The van der Waals surface area contributed by atoms with Crippen LogP contribution >= 0.6 is 0 Å². The molecule has 27 heavy (non-hydrogen) atoms. The van der Waals surface area contributed by atoms with Gasteiger partial charge in [0.15, 0.2) is 0 Å². The molecule has 1 heterocycles. The molecule has 0 radical (unpaired) electrons. The molecular weight excluding hydrogens is 348 g/mol. The smallest absolute Gasteiger partial charge is 0.251 e. The number of amides is 4. The number of carbonyl (C=O) groups is 4. The summed E-state index contributed by atoms with van der Waals surface area (Å²) in [6.07, 6.45) is 1.39. The molecule has 1 aromatic carbocycles. The molecule has 1 aliphatic heterocycles. The van der Waals surface area contributed by atoms with E-state index in [2.05, 4.69) is 10.6 Å². The van der Waals surface area contributed by atoms with Gasteiger partial charge in [0.25, 0.3) is 5.91 Å². The molecule has 2 N–H and O–H groups in total. The van der Waals surface area contributed by atoms with Gasteiger partial charge in [-0.05, 0) is 44.5 Å². The van der Waals surface area contributed by atoms with Crippen LogP contribution in [0.1, 0.15) is 37.0 Å². The average molecular weight is 374 g/mol. The Morgan fingerprint density at radius 1 is 1.19 bits per heavy atom. The van der Waals surface area contributed by atoms with Gasteiger partial charge in [0, 0.05) is 37.3 Å². The monoisotopic (exact) mass is 374 g/mol. The molecule has 146 valence electrons. The molecule has 8 heteroatoms. The highest BCUT2D eigenvalue weighted by atomic mass is 16.2. The van der Waals surface area contributed by atoms with Crippen molar-refractivity contribution in [2.75, 3.05) is 31.6 Å². The number of likely N-dealkylation sites (N-methyl/N-ethyl adjacent to an activating group) is 1. The van der Waals surface area contributed by atoms with Crippen LogP contribution in [0.4, 0.5) is 5.69 Å². The third-order valence-electron chi connectivity index (χ3n) is 4.17. The fourth-order valence-corrected chi connectivity index (χ4v) is 2.78. The SMILES string of the molecule is CC(C)NC(=O)CN(C)C(=O)CNC(=O)c1ccc(N2CCCC2=O)cc1. The summed E-state index contributed by atoms with van der Waals surface area (Å²) >= 11 is 0. The van der Waals surface area contributed by atoms with E-state index in [4.69, 9.17) is 0 Å². The fraction of sp³-hybridized carbons (Fsp3) is 0.474. The van der Waals surface area contributed by atoms with Crippen molar-refractivity contribution in [3.05, 3.63) is 29.8 Å². The van der Waals surface area contributed by atoms with Crippen LogP contribution in [0.5, 0.6) is 0 Å². The summed E-state index contributed by atoms with van der Waals surface area (Å²) in [6, 6.07) is 6.70. The van der Waals surface area contributed by atoms with Crippen molar-refractivity contribution < 1.29 is 19.2 Å². The van der Waals surface area contributed by atoms with Crippen LogP contribution in [0.3, 0.4) is 0 Å². The van der Waals surface area contributed by atoms with Crippen LogP contribution in [0.25, 0.3) is 0 Å². The Hall–Kier alpha value is -2.90. The van der Waals surface area contributed by atoms with E-state index < -0.39 is 0 Å². The summed E-state index contributed by atoms with van der Waals surface area (Å²) < 4.78 is 0. The van der Waals surface area contributed by atoms with E-state index in [1.54, 1.807) is 29.2 Å². The largest absolute Gasteiger partial charge is 0.352 e. The minimum Gasteiger partial charge on any atom is -0.352 e. The lowest BCUT2D eigenvalue weighted by Crippen LogP contribution is -2.44. The summed E-state index contributed by atoms with van der Waals surface area (Å²) in [4.78, 5) is 50.6. The summed E-state index contributed by atoms with van der Waals surface area (Å²) in [5, 5.41) is 5.25. The number of benzene rings is 1. The van der Waals surface area contributed by atoms with Crippen molar-refractivity contribution in [2.45, 2.75) is 32.7 Å². The summed E-state index contributed by atoms with van der Waals surface area (Å²) in [5.41, 5.74) is 1.17. The standard InChI is InChI=1S/C19H26N4O4/c1-13(2)21-16(24)12-22(3)18(26)11-20-19(27)14-6-8-15(9-7-14)23-10-4-5-17(23)25/h6-9,13H,4-5,10-12H2,1-3H3,(H,20,27)(H,21,24). The van der Waals surface area contributed by atoms with Crippen molar-refractivity contribution in [3.8, 4) is 0 Å². The maximum atomic E-state index is 12.2. The van der Waals surface area contributed by atoms with Gasteiger partial charge in [0.1, 0.15) is 0 Å². The zero-order chi connectivity index (χ0) is 20.0. The van der Waals surface area contributed by atoms with E-state index in [-0.39, 0.29) is 42.8 Å². The molecular formula is C19H26N4O4. The zero-order valence-corrected chi connectivity index (χ0v) is 15.9. The van der Waals surface area contributed by atoms with Gasteiger partial charge < -0.3 is 20.4 Å². The van der Waals surface area contributed by atoms with Gasteiger partial charge in [0.05, 0.1) is 13.1 Å². The Morgan fingerprint density at radius 2 is 1.85 bits per heavy atom. The molecule has 0 aromatic heterocycles. The number of anilines is 1. The second-order valence-electron chi connectivity index (χ2n) is 6.85. The van der Waals surface area contributed by atoms with Gasteiger partial charge in [-0.1, -0.05) is 0 Å². The number of nitrogens with one attached hydrogen (secondary N) is 2. The first-order valence-electron chi connectivity index (χ1n) is 9.00. The summed E-state index contributed by atoms with van der Waals surface area (Å²) in [5.74, 6) is -0.911. The lowest BCUT2D eigenvalue weighted by molar-refractivity contribution is -0.134.